The Kier molecular flexibility index (Phi) is 10.6. The van der Waals surface area contributed by atoms with E-state index in [0.29, 0.717) is 34.3 Å². The second kappa shape index (κ2) is 13.8. The molecule has 11 nitrogen and oxygen atoms in total. The number of esters is 1. The number of hydrogen-bond acceptors (Lipinski definition) is 9. The fraction of sp³-hybridized carbons (Fsp3) is 0.452. The number of hydrogen-bond donors (Lipinski definition) is 2. The molecule has 0 aliphatic rings. The van der Waals surface area contributed by atoms with Crippen molar-refractivity contribution in [1.82, 2.24) is 19.6 Å². The minimum atomic E-state index is -4.19. The molecule has 3 N–H and O–H groups in total. The molecule has 2 aromatic carbocycles. The van der Waals surface area contributed by atoms with E-state index in [9.17, 15) is 9.36 Å². The normalized spacial score (nSPS) is 14.9. The molecule has 0 saturated carbocycles. The van der Waals surface area contributed by atoms with E-state index >= 15 is 0 Å². The van der Waals surface area contributed by atoms with Gasteiger partial charge in [0, 0.05) is 17.0 Å². The summed E-state index contributed by atoms with van der Waals surface area (Å²) in [6.45, 7) is 13.4. The summed E-state index contributed by atoms with van der Waals surface area (Å²) in [5, 5.41) is 4.20. The molecule has 0 spiro atoms. The van der Waals surface area contributed by atoms with E-state index in [4.69, 9.17) is 40.8 Å². The van der Waals surface area contributed by atoms with Gasteiger partial charge in [-0.1, -0.05) is 43.6 Å². The third kappa shape index (κ3) is 8.08. The smallest absolute Gasteiger partial charge is 0.459 e. The van der Waals surface area contributed by atoms with E-state index in [1.807, 2.05) is 56.5 Å². The summed E-state index contributed by atoms with van der Waals surface area (Å²) in [4.78, 5) is 22.5. The lowest BCUT2D eigenvalue weighted by atomic mass is 10.1. The largest absolute Gasteiger partial charge is 0.459 e. The van der Waals surface area contributed by atoms with Crippen molar-refractivity contribution in [2.75, 3.05) is 18.9 Å². The summed E-state index contributed by atoms with van der Waals surface area (Å²) in [5.41, 5.74) is 7.60. The van der Waals surface area contributed by atoms with E-state index in [2.05, 4.69) is 10.1 Å². The third-order valence-corrected chi connectivity index (χ3v) is 8.44. The highest BCUT2D eigenvalue weighted by molar-refractivity contribution is 7.52. The number of rotatable bonds is 13. The van der Waals surface area contributed by atoms with Crippen LogP contribution >= 0.6 is 19.3 Å². The van der Waals surface area contributed by atoms with E-state index in [-0.39, 0.29) is 24.9 Å². The molecule has 4 aromatic rings. The van der Waals surface area contributed by atoms with Crippen molar-refractivity contribution in [3.05, 3.63) is 59.4 Å². The number of anilines is 1. The molecule has 0 aliphatic heterocycles. The fourth-order valence-corrected chi connectivity index (χ4v) is 6.51. The third-order valence-electron chi connectivity index (χ3n) is 6.65. The number of nitrogens with one attached hydrogen (secondary N) is 1. The van der Waals surface area contributed by atoms with Gasteiger partial charge in [0.15, 0.2) is 5.82 Å². The van der Waals surface area contributed by atoms with Crippen molar-refractivity contribution in [3.8, 4) is 5.75 Å². The van der Waals surface area contributed by atoms with Gasteiger partial charge in [-0.3, -0.25) is 9.32 Å². The molecule has 0 aliphatic carbocycles. The quantitative estimate of drug-likeness (QED) is 0.114. The van der Waals surface area contributed by atoms with Crippen LogP contribution in [0.2, 0.25) is 5.02 Å². The molecule has 0 saturated heterocycles. The molecule has 3 atom stereocenters. The van der Waals surface area contributed by atoms with Crippen molar-refractivity contribution < 1.29 is 27.9 Å². The second-order valence-corrected chi connectivity index (χ2v) is 13.9. The Morgan fingerprint density at radius 1 is 1.09 bits per heavy atom. The standard InChI is InChI=1S/C31H41ClN5O6P/c1-8-40-18-25-35-27-28(23-11-9-10-12-24(23)34-29(27)33)37(25)20(4)17-41-44(39,43-22-15-13-21(32)14-16-22)36-26(19(2)3)30(38)42-31(5,6)7/h9-16,19-20,26H,8,17-18H2,1-7H3,(H2,33,34)(H,36,39)/t20-,26-,44?/m0/s1. The number of pyridine rings is 1. The highest BCUT2D eigenvalue weighted by atomic mass is 35.5. The number of imidazole rings is 1. The monoisotopic (exact) mass is 645 g/mol. The maximum atomic E-state index is 14.4. The Labute approximate surface area is 263 Å². The van der Waals surface area contributed by atoms with Gasteiger partial charge in [0.25, 0.3) is 0 Å². The predicted molar refractivity (Wildman–Crippen MR) is 173 cm³/mol. The summed E-state index contributed by atoms with van der Waals surface area (Å²) >= 11 is 6.06. The van der Waals surface area contributed by atoms with E-state index in [1.165, 1.54) is 0 Å². The van der Waals surface area contributed by atoms with Gasteiger partial charge < -0.3 is 24.3 Å². The number of carbonyl (C=O) groups is 1. The van der Waals surface area contributed by atoms with Crippen molar-refractivity contribution in [2.24, 2.45) is 5.92 Å². The Balaban J connectivity index is 1.72. The number of nitrogen functional groups attached to an aromatic ring is 1. The minimum absolute atomic E-state index is 0.0852. The van der Waals surface area contributed by atoms with Crippen LogP contribution in [0.1, 0.15) is 60.3 Å². The molecule has 1 unspecified atom stereocenters. The maximum Gasteiger partial charge on any atom is 0.459 e. The average Bonchev–Trinajstić information content (AvgIpc) is 3.34. The lowest BCUT2D eigenvalue weighted by Gasteiger charge is -2.30. The zero-order valence-electron chi connectivity index (χ0n) is 26.2. The van der Waals surface area contributed by atoms with Gasteiger partial charge >= 0.3 is 13.7 Å². The highest BCUT2D eigenvalue weighted by Gasteiger charge is 2.38. The molecule has 2 heterocycles. The lowest BCUT2D eigenvalue weighted by Crippen LogP contribution is -2.44. The molecular formula is C31H41ClN5O6P. The number of carbonyl (C=O) groups excluding carboxylic acids is 1. The number of para-hydroxylation sites is 1. The molecule has 0 fully saturated rings. The maximum absolute atomic E-state index is 14.4. The van der Waals surface area contributed by atoms with Crippen LogP contribution in [0, 0.1) is 5.92 Å². The van der Waals surface area contributed by atoms with Gasteiger partial charge in [-0.2, -0.15) is 5.09 Å². The Bertz CT molecular complexity index is 1650. The average molecular weight is 646 g/mol. The SMILES string of the molecule is CCOCc1nc2c(N)nc3ccccc3c2n1[C@@H](C)COP(=O)(N[C@H](C(=O)OC(C)(C)C)C(C)C)Oc1ccc(Cl)cc1. The molecule has 0 bridgehead atoms. The lowest BCUT2D eigenvalue weighted by molar-refractivity contribution is -0.158. The van der Waals surface area contributed by atoms with Crippen LogP contribution in [-0.2, 0) is 30.0 Å². The summed E-state index contributed by atoms with van der Waals surface area (Å²) in [6.07, 6.45) is 0. The van der Waals surface area contributed by atoms with Crippen molar-refractivity contribution in [1.29, 1.82) is 0 Å². The Morgan fingerprint density at radius 3 is 2.41 bits per heavy atom. The Hall–Kier alpha value is -3.21. The first-order chi connectivity index (χ1) is 20.7. The molecule has 44 heavy (non-hydrogen) atoms. The molecule has 4 rings (SSSR count). The zero-order valence-corrected chi connectivity index (χ0v) is 27.8. The first kappa shape index (κ1) is 33.7. The van der Waals surface area contributed by atoms with Crippen LogP contribution in [0.15, 0.2) is 48.5 Å². The molecular weight excluding hydrogens is 605 g/mol. The summed E-state index contributed by atoms with van der Waals surface area (Å²) < 4.78 is 39.8. The topological polar surface area (TPSA) is 140 Å². The molecule has 0 radical (unpaired) electrons. The van der Waals surface area contributed by atoms with Crippen LogP contribution in [0.4, 0.5) is 5.82 Å². The van der Waals surface area contributed by atoms with Crippen LogP contribution in [0.5, 0.6) is 5.75 Å². The van der Waals surface area contributed by atoms with Gasteiger partial charge in [-0.15, -0.1) is 0 Å². The van der Waals surface area contributed by atoms with Gasteiger partial charge in [0.2, 0.25) is 0 Å². The number of nitrogens with two attached hydrogens (primary N) is 1. The molecule has 2 aromatic heterocycles. The first-order valence-electron chi connectivity index (χ1n) is 14.5. The summed E-state index contributed by atoms with van der Waals surface area (Å²) in [5.74, 6) is 0.278. The number of halogens is 1. The zero-order chi connectivity index (χ0) is 32.2. The van der Waals surface area contributed by atoms with Crippen LogP contribution in [0.25, 0.3) is 21.9 Å². The Morgan fingerprint density at radius 2 is 1.77 bits per heavy atom. The van der Waals surface area contributed by atoms with E-state index in [1.54, 1.807) is 45.0 Å². The number of ether oxygens (including phenoxy) is 2. The van der Waals surface area contributed by atoms with Crippen molar-refractivity contribution in [2.45, 2.75) is 72.8 Å². The van der Waals surface area contributed by atoms with E-state index in [0.717, 1.165) is 10.9 Å². The van der Waals surface area contributed by atoms with Gasteiger partial charge in [0.1, 0.15) is 35.3 Å². The van der Waals surface area contributed by atoms with Gasteiger partial charge in [-0.05, 0) is 70.9 Å². The fourth-order valence-electron chi connectivity index (χ4n) is 4.65. The molecule has 0 amide bonds. The van der Waals surface area contributed by atoms with E-state index < -0.39 is 31.4 Å². The van der Waals surface area contributed by atoms with Crippen LogP contribution in [-0.4, -0.2) is 45.4 Å². The summed E-state index contributed by atoms with van der Waals surface area (Å²) in [7, 11) is -4.19. The van der Waals surface area contributed by atoms with Crippen molar-refractivity contribution in [3.63, 3.8) is 0 Å². The number of benzene rings is 2. The van der Waals surface area contributed by atoms with Gasteiger partial charge in [-0.25, -0.2) is 14.5 Å². The number of fused-ring (bicyclic) bond motifs is 3. The van der Waals surface area contributed by atoms with Crippen molar-refractivity contribution >= 4 is 53.1 Å². The van der Waals surface area contributed by atoms with Gasteiger partial charge in [0.05, 0.1) is 23.7 Å². The number of aromatic nitrogens is 3. The van der Waals surface area contributed by atoms with Crippen LogP contribution in [0.3, 0.4) is 0 Å². The number of nitrogens with zero attached hydrogens (tertiary/aromatic N) is 3. The first-order valence-corrected chi connectivity index (χ1v) is 16.5. The van der Waals surface area contributed by atoms with Crippen LogP contribution < -0.4 is 15.3 Å². The highest BCUT2D eigenvalue weighted by Crippen LogP contribution is 2.47. The molecule has 238 valence electrons. The summed E-state index contributed by atoms with van der Waals surface area (Å²) in [6, 6.07) is 12.6. The second-order valence-electron chi connectivity index (χ2n) is 11.8. The predicted octanol–water partition coefficient (Wildman–Crippen LogP) is 7.08. The minimum Gasteiger partial charge on any atom is -0.459 e. The molecule has 13 heteroatoms.